The van der Waals surface area contributed by atoms with Gasteiger partial charge >= 0.3 is 0 Å². The Hall–Kier alpha value is -7.67. The standard InChI is InChI=1S/C78H75IN2O/c1-14-23-68-50(2)69-71-66(49-67(73(69)82-68)81(59-42-34-53(35-43-59)76(9,10)11)60-44-36-54(37-45-60)77(12,13)79)78(55-24-17-15-18-25-55,56-26-19-16-20-27-56)72-64-47-46-61(48-65(64)62-28-21-22-29-63(62)70(71)72)80(57-38-30-51(31-39-57)74(3,4)5)58-40-32-52(33-41-58)75(6,7)8/h14-49H,1-13H3/b23-14-. The van der Waals surface area contributed by atoms with E-state index >= 15 is 0 Å². The lowest BCUT2D eigenvalue weighted by molar-refractivity contribution is 0.590. The minimum atomic E-state index is -0.799. The minimum absolute atomic E-state index is 0.0184. The zero-order chi connectivity index (χ0) is 57.7. The predicted molar refractivity (Wildman–Crippen MR) is 360 cm³/mol. The summed E-state index contributed by atoms with van der Waals surface area (Å²) in [6.45, 7) is 29.5. The summed E-state index contributed by atoms with van der Waals surface area (Å²) in [7, 11) is 0. The maximum atomic E-state index is 7.41. The average molecular weight is 1180 g/mol. The van der Waals surface area contributed by atoms with Crippen molar-refractivity contribution in [3.63, 3.8) is 0 Å². The van der Waals surface area contributed by atoms with E-state index in [1.807, 2.05) is 0 Å². The van der Waals surface area contributed by atoms with E-state index in [1.54, 1.807) is 0 Å². The molecule has 0 unspecified atom stereocenters. The molecule has 3 nitrogen and oxygen atoms in total. The quantitative estimate of drug-likeness (QED) is 0.0773. The number of furan rings is 1. The smallest absolute Gasteiger partial charge is 0.159 e. The highest BCUT2D eigenvalue weighted by molar-refractivity contribution is 14.1. The monoisotopic (exact) mass is 1180 g/mol. The van der Waals surface area contributed by atoms with E-state index in [9.17, 15) is 0 Å². The third-order valence-corrected chi connectivity index (χ3v) is 17.9. The molecule has 11 aromatic rings. The predicted octanol–water partition coefficient (Wildman–Crippen LogP) is 22.9. The molecule has 0 radical (unpaired) electrons. The van der Waals surface area contributed by atoms with E-state index in [0.717, 1.165) is 56.4 Å². The first kappa shape index (κ1) is 54.9. The van der Waals surface area contributed by atoms with Crippen molar-refractivity contribution in [2.45, 2.75) is 115 Å². The second-order valence-electron chi connectivity index (χ2n) is 26.2. The van der Waals surface area contributed by atoms with Crippen LogP contribution in [0.25, 0.3) is 49.7 Å². The van der Waals surface area contributed by atoms with Crippen molar-refractivity contribution in [2.75, 3.05) is 9.80 Å². The second-order valence-corrected chi connectivity index (χ2v) is 28.9. The lowest BCUT2D eigenvalue weighted by atomic mass is 9.66. The molecule has 0 amide bonds. The van der Waals surface area contributed by atoms with Crippen molar-refractivity contribution in [2.24, 2.45) is 0 Å². The number of rotatable bonds is 10. The van der Waals surface area contributed by atoms with E-state index in [2.05, 4.69) is 341 Å². The Morgan fingerprint density at radius 1 is 0.427 bits per heavy atom. The molecule has 410 valence electrons. The molecular weight excluding hydrogens is 1110 g/mol. The third-order valence-electron chi connectivity index (χ3n) is 17.3. The lowest BCUT2D eigenvalue weighted by Crippen LogP contribution is -2.29. The van der Waals surface area contributed by atoms with Crippen molar-refractivity contribution < 1.29 is 4.42 Å². The number of alkyl halides is 1. The molecule has 1 aliphatic rings. The molecule has 0 spiro atoms. The van der Waals surface area contributed by atoms with Gasteiger partial charge in [-0.05, 0) is 194 Å². The molecule has 0 fully saturated rings. The SMILES string of the molecule is C/C=C\c1oc2c(N(c3ccc(C(C)(C)C)cc3)c3ccc(C(C)(C)I)cc3)cc3c(c2c1C)-c1c(c2ccc(N(c4ccc(C(C)(C)C)cc4)c4ccc(C(C)(C)C)cc4)cc2c2ccccc12)C3(c1ccccc1)c1ccccc1. The summed E-state index contributed by atoms with van der Waals surface area (Å²) in [5, 5.41) is 5.96. The molecule has 0 saturated heterocycles. The van der Waals surface area contributed by atoms with Gasteiger partial charge in [-0.15, -0.1) is 0 Å². The molecule has 1 aliphatic carbocycles. The Kier molecular flexibility index (Phi) is 13.6. The van der Waals surface area contributed by atoms with Crippen LogP contribution in [0, 0.1) is 6.92 Å². The number of anilines is 6. The van der Waals surface area contributed by atoms with Gasteiger partial charge in [-0.3, -0.25) is 0 Å². The Morgan fingerprint density at radius 2 is 0.854 bits per heavy atom. The fourth-order valence-electron chi connectivity index (χ4n) is 12.9. The van der Waals surface area contributed by atoms with Gasteiger partial charge in [0, 0.05) is 42.8 Å². The first-order valence-electron chi connectivity index (χ1n) is 29.1. The van der Waals surface area contributed by atoms with Crippen molar-refractivity contribution in [3.05, 3.63) is 268 Å². The van der Waals surface area contributed by atoms with Crippen molar-refractivity contribution in [1.82, 2.24) is 0 Å². The summed E-state index contributed by atoms with van der Waals surface area (Å²) in [5.74, 6) is 0.858. The fourth-order valence-corrected chi connectivity index (χ4v) is 13.3. The molecule has 0 bridgehead atoms. The van der Waals surface area contributed by atoms with Gasteiger partial charge in [0.1, 0.15) is 5.76 Å². The van der Waals surface area contributed by atoms with Crippen LogP contribution in [0.4, 0.5) is 34.1 Å². The van der Waals surface area contributed by atoms with E-state index in [-0.39, 0.29) is 19.7 Å². The summed E-state index contributed by atoms with van der Waals surface area (Å²) in [6, 6.07) is 78.4. The van der Waals surface area contributed by atoms with Gasteiger partial charge < -0.3 is 14.2 Å². The number of allylic oxidation sites excluding steroid dienone is 1. The fraction of sp³-hybridized carbons (Fsp3) is 0.231. The molecule has 0 aliphatic heterocycles. The van der Waals surface area contributed by atoms with Crippen LogP contribution < -0.4 is 9.80 Å². The number of benzene rings is 10. The molecule has 10 aromatic carbocycles. The van der Waals surface area contributed by atoms with Gasteiger partial charge in [-0.1, -0.05) is 231 Å². The van der Waals surface area contributed by atoms with E-state index in [4.69, 9.17) is 4.42 Å². The summed E-state index contributed by atoms with van der Waals surface area (Å²) in [5.41, 5.74) is 20.2. The first-order valence-corrected chi connectivity index (χ1v) is 30.2. The van der Waals surface area contributed by atoms with Crippen molar-refractivity contribution in [1.29, 1.82) is 0 Å². The lowest BCUT2D eigenvalue weighted by Gasteiger charge is -2.36. The van der Waals surface area contributed by atoms with Crippen LogP contribution in [-0.2, 0) is 25.1 Å². The molecule has 1 heterocycles. The number of hydrogen-bond donors (Lipinski definition) is 0. The number of aryl methyl sites for hydroxylation is 1. The number of hydrogen-bond acceptors (Lipinski definition) is 3. The Balaban J connectivity index is 1.22. The Morgan fingerprint density at radius 3 is 1.30 bits per heavy atom. The third kappa shape index (κ3) is 9.26. The number of halogens is 1. The van der Waals surface area contributed by atoms with Crippen LogP contribution in [0.3, 0.4) is 0 Å². The molecule has 0 N–H and O–H groups in total. The van der Waals surface area contributed by atoms with Crippen LogP contribution in [0.1, 0.15) is 139 Å². The molecule has 0 saturated carbocycles. The maximum absolute atomic E-state index is 7.41. The van der Waals surface area contributed by atoms with Gasteiger partial charge in [-0.25, -0.2) is 0 Å². The summed E-state index contributed by atoms with van der Waals surface area (Å²) < 4.78 is 7.36. The van der Waals surface area contributed by atoms with Crippen LogP contribution in [-0.4, -0.2) is 0 Å². The summed E-state index contributed by atoms with van der Waals surface area (Å²) in [4.78, 5) is 4.89. The number of nitrogens with zero attached hydrogens (tertiary/aromatic N) is 2. The Bertz CT molecular complexity index is 4060. The zero-order valence-electron chi connectivity index (χ0n) is 50.0. The van der Waals surface area contributed by atoms with Crippen molar-refractivity contribution >= 4 is 95.3 Å². The van der Waals surface area contributed by atoms with Gasteiger partial charge in [0.2, 0.25) is 0 Å². The van der Waals surface area contributed by atoms with Crippen LogP contribution in [0.5, 0.6) is 0 Å². The average Bonchev–Trinajstić information content (AvgIpc) is 1.52. The summed E-state index contributed by atoms with van der Waals surface area (Å²) in [6.07, 6.45) is 4.24. The molecule has 82 heavy (non-hydrogen) atoms. The van der Waals surface area contributed by atoms with Crippen LogP contribution in [0.15, 0.2) is 217 Å². The minimum Gasteiger partial charge on any atom is -0.454 e. The van der Waals surface area contributed by atoms with Crippen LogP contribution >= 0.6 is 22.6 Å². The zero-order valence-corrected chi connectivity index (χ0v) is 52.1. The maximum Gasteiger partial charge on any atom is 0.159 e. The highest BCUT2D eigenvalue weighted by Gasteiger charge is 2.50. The molecule has 1 aromatic heterocycles. The molecule has 4 heteroatoms. The Labute approximate surface area is 500 Å². The topological polar surface area (TPSA) is 19.6 Å². The van der Waals surface area contributed by atoms with Crippen molar-refractivity contribution in [3.8, 4) is 11.1 Å². The molecule has 12 rings (SSSR count). The molecule has 0 atom stereocenters. The largest absolute Gasteiger partial charge is 0.454 e. The number of fused-ring (bicyclic) bond motifs is 10. The van der Waals surface area contributed by atoms with E-state index < -0.39 is 5.41 Å². The van der Waals surface area contributed by atoms with Gasteiger partial charge in [0.05, 0.1) is 11.1 Å². The normalized spacial score (nSPS) is 13.5. The van der Waals surface area contributed by atoms with Crippen LogP contribution in [0.2, 0.25) is 0 Å². The highest BCUT2D eigenvalue weighted by atomic mass is 127. The van der Waals surface area contributed by atoms with E-state index in [1.165, 1.54) is 77.2 Å². The molecular formula is C78H75IN2O. The second kappa shape index (κ2) is 20.3. The van der Waals surface area contributed by atoms with E-state index in [0.29, 0.717) is 0 Å². The van der Waals surface area contributed by atoms with Gasteiger partial charge in [0.15, 0.2) is 5.58 Å². The first-order chi connectivity index (χ1) is 39.1. The highest BCUT2D eigenvalue weighted by Crippen LogP contribution is 2.64. The van der Waals surface area contributed by atoms with Gasteiger partial charge in [-0.2, -0.15) is 0 Å². The van der Waals surface area contributed by atoms with Gasteiger partial charge in [0.25, 0.3) is 0 Å². The summed E-state index contributed by atoms with van der Waals surface area (Å²) >= 11 is 2.56.